The maximum atomic E-state index is 6.22. The van der Waals surface area contributed by atoms with Gasteiger partial charge in [-0.25, -0.2) is 0 Å². The lowest BCUT2D eigenvalue weighted by molar-refractivity contribution is -0.198. The van der Waals surface area contributed by atoms with Gasteiger partial charge in [0.25, 0.3) is 0 Å². The van der Waals surface area contributed by atoms with E-state index in [4.69, 9.17) is 14.2 Å². The van der Waals surface area contributed by atoms with Crippen LogP contribution in [-0.2, 0) is 14.2 Å². The van der Waals surface area contributed by atoms with Gasteiger partial charge in [0.2, 0.25) is 0 Å². The van der Waals surface area contributed by atoms with Crippen molar-refractivity contribution in [3.05, 3.63) is 12.7 Å². The molecule has 18 heavy (non-hydrogen) atoms. The Bertz CT molecular complexity index is 258. The summed E-state index contributed by atoms with van der Waals surface area (Å²) in [6.07, 6.45) is 10.0. The van der Waals surface area contributed by atoms with Gasteiger partial charge >= 0.3 is 0 Å². The average molecular weight is 254 g/mol. The largest absolute Gasteiger partial charge is 0.371 e. The molecule has 2 atom stereocenters. The third-order valence-electron chi connectivity index (χ3n) is 3.91. The van der Waals surface area contributed by atoms with Crippen molar-refractivity contribution in [3.63, 3.8) is 0 Å². The zero-order chi connectivity index (χ0) is 12.8. The summed E-state index contributed by atoms with van der Waals surface area (Å²) in [7, 11) is 0. The third kappa shape index (κ3) is 3.34. The standard InChI is InChI=1S/C15H26O3/c1-3-8-13(16-11-4-2)14-12-17-15(18-14)9-6-5-7-10-15/h4,13-14H,2-3,5-12H2,1H3/t13-,14+/m0/s1. The van der Waals surface area contributed by atoms with Gasteiger partial charge in [-0.1, -0.05) is 25.8 Å². The molecule has 0 bridgehead atoms. The predicted octanol–water partition coefficient (Wildman–Crippen LogP) is 3.43. The van der Waals surface area contributed by atoms with Crippen molar-refractivity contribution in [3.8, 4) is 0 Å². The van der Waals surface area contributed by atoms with Crippen LogP contribution in [0, 0.1) is 0 Å². The highest BCUT2D eigenvalue weighted by Crippen LogP contribution is 2.39. The van der Waals surface area contributed by atoms with Gasteiger partial charge in [0, 0.05) is 12.8 Å². The highest BCUT2D eigenvalue weighted by Gasteiger charge is 2.44. The third-order valence-corrected chi connectivity index (χ3v) is 3.91. The van der Waals surface area contributed by atoms with E-state index in [2.05, 4.69) is 13.5 Å². The molecule has 0 radical (unpaired) electrons. The molecular weight excluding hydrogens is 228 g/mol. The fourth-order valence-electron chi connectivity index (χ4n) is 2.97. The van der Waals surface area contributed by atoms with Crippen LogP contribution >= 0.6 is 0 Å². The quantitative estimate of drug-likeness (QED) is 0.680. The van der Waals surface area contributed by atoms with Crippen LogP contribution in [0.4, 0.5) is 0 Å². The first-order chi connectivity index (χ1) is 8.79. The minimum atomic E-state index is -0.285. The lowest BCUT2D eigenvalue weighted by Gasteiger charge is -2.32. The Morgan fingerprint density at radius 3 is 2.83 bits per heavy atom. The molecule has 104 valence electrons. The topological polar surface area (TPSA) is 27.7 Å². The van der Waals surface area contributed by atoms with E-state index < -0.39 is 0 Å². The van der Waals surface area contributed by atoms with Crippen molar-refractivity contribution in [2.45, 2.75) is 69.9 Å². The zero-order valence-corrected chi connectivity index (χ0v) is 11.5. The molecule has 1 saturated heterocycles. The Labute approximate surface area is 110 Å². The van der Waals surface area contributed by atoms with Crippen molar-refractivity contribution in [1.29, 1.82) is 0 Å². The molecule has 1 saturated carbocycles. The maximum Gasteiger partial charge on any atom is 0.169 e. The molecule has 0 amide bonds. The number of ether oxygens (including phenoxy) is 3. The molecule has 0 aromatic heterocycles. The minimum absolute atomic E-state index is 0.1000. The van der Waals surface area contributed by atoms with E-state index in [0.717, 1.165) is 25.7 Å². The van der Waals surface area contributed by atoms with Crippen LogP contribution in [0.25, 0.3) is 0 Å². The summed E-state index contributed by atoms with van der Waals surface area (Å²) in [4.78, 5) is 0. The Kier molecular flexibility index (Phi) is 5.22. The normalized spacial score (nSPS) is 28.4. The molecule has 1 spiro atoms. The molecule has 0 aromatic rings. The molecule has 1 aliphatic carbocycles. The van der Waals surface area contributed by atoms with Gasteiger partial charge in [-0.15, -0.1) is 6.58 Å². The SMILES string of the molecule is C=CCO[C@@H](CCC)[C@H]1COC2(CCCCC2)O1. The first kappa shape index (κ1) is 14.0. The van der Waals surface area contributed by atoms with Crippen molar-refractivity contribution in [1.82, 2.24) is 0 Å². The lowest BCUT2D eigenvalue weighted by Crippen LogP contribution is -2.37. The highest BCUT2D eigenvalue weighted by atomic mass is 16.8. The first-order valence-corrected chi connectivity index (χ1v) is 7.34. The molecule has 0 unspecified atom stereocenters. The van der Waals surface area contributed by atoms with Crippen LogP contribution in [0.15, 0.2) is 12.7 Å². The fraction of sp³-hybridized carbons (Fsp3) is 0.867. The van der Waals surface area contributed by atoms with Crippen LogP contribution < -0.4 is 0 Å². The van der Waals surface area contributed by atoms with Gasteiger partial charge in [-0.05, 0) is 19.3 Å². The average Bonchev–Trinajstić information content (AvgIpc) is 2.79. The van der Waals surface area contributed by atoms with Gasteiger partial charge in [-0.2, -0.15) is 0 Å². The summed E-state index contributed by atoms with van der Waals surface area (Å²) >= 11 is 0. The second kappa shape index (κ2) is 6.69. The molecule has 3 heteroatoms. The first-order valence-electron chi connectivity index (χ1n) is 7.34. The molecule has 2 aliphatic rings. The van der Waals surface area contributed by atoms with Gasteiger partial charge < -0.3 is 14.2 Å². The summed E-state index contributed by atoms with van der Waals surface area (Å²) in [5, 5.41) is 0. The van der Waals surface area contributed by atoms with Crippen LogP contribution in [-0.4, -0.2) is 31.2 Å². The van der Waals surface area contributed by atoms with E-state index in [0.29, 0.717) is 13.2 Å². The summed E-state index contributed by atoms with van der Waals surface area (Å²) < 4.78 is 18.0. The van der Waals surface area contributed by atoms with Gasteiger partial charge in [0.1, 0.15) is 6.10 Å². The Balaban J connectivity index is 1.89. The second-order valence-corrected chi connectivity index (χ2v) is 5.39. The molecular formula is C15H26O3. The van der Waals surface area contributed by atoms with E-state index in [1.54, 1.807) is 6.08 Å². The van der Waals surface area contributed by atoms with Crippen LogP contribution in [0.5, 0.6) is 0 Å². The molecule has 2 fully saturated rings. The number of rotatable bonds is 6. The van der Waals surface area contributed by atoms with Gasteiger partial charge in [0.05, 0.1) is 19.3 Å². The fourth-order valence-corrected chi connectivity index (χ4v) is 2.97. The lowest BCUT2D eigenvalue weighted by atomic mass is 9.94. The van der Waals surface area contributed by atoms with Gasteiger partial charge in [0.15, 0.2) is 5.79 Å². The predicted molar refractivity (Wildman–Crippen MR) is 71.5 cm³/mol. The van der Waals surface area contributed by atoms with Crippen molar-refractivity contribution in [2.24, 2.45) is 0 Å². The van der Waals surface area contributed by atoms with E-state index in [-0.39, 0.29) is 18.0 Å². The van der Waals surface area contributed by atoms with Crippen molar-refractivity contribution < 1.29 is 14.2 Å². The minimum Gasteiger partial charge on any atom is -0.371 e. The Morgan fingerprint density at radius 2 is 2.17 bits per heavy atom. The highest BCUT2D eigenvalue weighted by molar-refractivity contribution is 4.86. The Hall–Kier alpha value is -0.380. The van der Waals surface area contributed by atoms with Crippen LogP contribution in [0.3, 0.4) is 0 Å². The van der Waals surface area contributed by atoms with E-state index in [9.17, 15) is 0 Å². The van der Waals surface area contributed by atoms with Crippen molar-refractivity contribution >= 4 is 0 Å². The zero-order valence-electron chi connectivity index (χ0n) is 11.5. The Morgan fingerprint density at radius 1 is 1.39 bits per heavy atom. The van der Waals surface area contributed by atoms with E-state index in [1.807, 2.05) is 0 Å². The molecule has 3 nitrogen and oxygen atoms in total. The van der Waals surface area contributed by atoms with E-state index in [1.165, 1.54) is 19.3 Å². The van der Waals surface area contributed by atoms with Crippen molar-refractivity contribution in [2.75, 3.05) is 13.2 Å². The summed E-state index contributed by atoms with van der Waals surface area (Å²) in [5.41, 5.74) is 0. The smallest absolute Gasteiger partial charge is 0.169 e. The number of hydrogen-bond acceptors (Lipinski definition) is 3. The van der Waals surface area contributed by atoms with Crippen LogP contribution in [0.2, 0.25) is 0 Å². The summed E-state index contributed by atoms with van der Waals surface area (Å²) in [6.45, 7) is 7.16. The summed E-state index contributed by atoms with van der Waals surface area (Å²) in [5.74, 6) is -0.285. The van der Waals surface area contributed by atoms with Crippen LogP contribution in [0.1, 0.15) is 51.9 Å². The molecule has 1 aliphatic heterocycles. The molecule has 1 heterocycles. The molecule has 2 rings (SSSR count). The monoisotopic (exact) mass is 254 g/mol. The second-order valence-electron chi connectivity index (χ2n) is 5.39. The van der Waals surface area contributed by atoms with E-state index >= 15 is 0 Å². The molecule has 0 N–H and O–H groups in total. The number of hydrogen-bond donors (Lipinski definition) is 0. The summed E-state index contributed by atoms with van der Waals surface area (Å²) in [6, 6.07) is 0. The van der Waals surface area contributed by atoms with Gasteiger partial charge in [-0.3, -0.25) is 0 Å². The maximum absolute atomic E-state index is 6.22. The molecule has 0 aromatic carbocycles.